The van der Waals surface area contributed by atoms with E-state index in [4.69, 9.17) is 0 Å². The van der Waals surface area contributed by atoms with Gasteiger partial charge in [-0.3, -0.25) is 4.68 Å². The summed E-state index contributed by atoms with van der Waals surface area (Å²) in [5.41, 5.74) is 1.19. The van der Waals surface area contributed by atoms with Gasteiger partial charge in [-0.25, -0.2) is 9.97 Å². The van der Waals surface area contributed by atoms with Crippen LogP contribution in [0.5, 0.6) is 0 Å². The van der Waals surface area contributed by atoms with E-state index in [1.165, 1.54) is 10.4 Å². The van der Waals surface area contributed by atoms with Crippen LogP contribution in [0.25, 0.3) is 10.2 Å². The van der Waals surface area contributed by atoms with Gasteiger partial charge in [0, 0.05) is 30.2 Å². The number of hydrogen-bond donors (Lipinski definition) is 1. The van der Waals surface area contributed by atoms with Gasteiger partial charge in [-0.1, -0.05) is 6.92 Å². The van der Waals surface area contributed by atoms with Crippen molar-refractivity contribution in [2.75, 3.05) is 26.0 Å². The Labute approximate surface area is 140 Å². The zero-order valence-electron chi connectivity index (χ0n) is 13.9. The lowest BCUT2D eigenvalue weighted by molar-refractivity contribution is 0.311. The van der Waals surface area contributed by atoms with Crippen LogP contribution in [0.15, 0.2) is 24.8 Å². The van der Waals surface area contributed by atoms with E-state index >= 15 is 0 Å². The lowest BCUT2D eigenvalue weighted by Gasteiger charge is -2.23. The first-order valence-electron chi connectivity index (χ1n) is 7.70. The number of thiophene rings is 1. The van der Waals surface area contributed by atoms with Crippen LogP contribution in [0.2, 0.25) is 0 Å². The number of aryl methyl sites for hydroxylation is 2. The van der Waals surface area contributed by atoms with Gasteiger partial charge in [0.2, 0.25) is 0 Å². The maximum absolute atomic E-state index is 4.43. The Kier molecular flexibility index (Phi) is 4.58. The number of anilines is 1. The van der Waals surface area contributed by atoms with Gasteiger partial charge in [0.1, 0.15) is 17.0 Å². The van der Waals surface area contributed by atoms with E-state index in [0.29, 0.717) is 0 Å². The Balaban J connectivity index is 1.82. The average Bonchev–Trinajstić information content (AvgIpc) is 3.13. The fraction of sp³-hybridized carbons (Fsp3) is 0.438. The summed E-state index contributed by atoms with van der Waals surface area (Å²) in [6.07, 6.45) is 6.63. The molecule has 6 nitrogen and oxygen atoms in total. The molecule has 1 unspecified atom stereocenters. The monoisotopic (exact) mass is 330 g/mol. The second-order valence-corrected chi connectivity index (χ2v) is 6.93. The van der Waals surface area contributed by atoms with Gasteiger partial charge < -0.3 is 10.2 Å². The fourth-order valence-electron chi connectivity index (χ4n) is 2.62. The molecule has 3 aromatic heterocycles. The number of nitrogens with one attached hydrogen (secondary N) is 1. The minimum Gasteiger partial charge on any atom is -0.368 e. The Morgan fingerprint density at radius 3 is 2.83 bits per heavy atom. The first-order chi connectivity index (χ1) is 11.1. The van der Waals surface area contributed by atoms with Gasteiger partial charge in [-0.15, -0.1) is 11.3 Å². The minimum atomic E-state index is 0.234. The molecule has 3 aromatic rings. The second kappa shape index (κ2) is 6.64. The normalized spacial score (nSPS) is 12.9. The van der Waals surface area contributed by atoms with E-state index < -0.39 is 0 Å². The molecule has 122 valence electrons. The van der Waals surface area contributed by atoms with E-state index in [2.05, 4.69) is 58.6 Å². The Morgan fingerprint density at radius 1 is 1.35 bits per heavy atom. The molecule has 0 spiro atoms. The van der Waals surface area contributed by atoms with Crippen molar-refractivity contribution < 1.29 is 0 Å². The Bertz CT molecular complexity index is 791. The molecule has 0 bridgehead atoms. The summed E-state index contributed by atoms with van der Waals surface area (Å²) in [5.74, 6) is 0.904. The van der Waals surface area contributed by atoms with Gasteiger partial charge >= 0.3 is 0 Å². The van der Waals surface area contributed by atoms with Gasteiger partial charge in [0.25, 0.3) is 0 Å². The largest absolute Gasteiger partial charge is 0.368 e. The first-order valence-corrected chi connectivity index (χ1v) is 8.52. The Morgan fingerprint density at radius 2 is 2.17 bits per heavy atom. The average molecular weight is 330 g/mol. The van der Waals surface area contributed by atoms with Crippen molar-refractivity contribution >= 4 is 27.4 Å². The fourth-order valence-corrected chi connectivity index (χ4v) is 3.56. The van der Waals surface area contributed by atoms with E-state index in [9.17, 15) is 0 Å². The lowest BCUT2D eigenvalue weighted by Crippen LogP contribution is -2.26. The third-order valence-corrected chi connectivity index (χ3v) is 5.11. The zero-order valence-corrected chi connectivity index (χ0v) is 14.8. The van der Waals surface area contributed by atoms with Crippen LogP contribution in [-0.2, 0) is 13.5 Å². The summed E-state index contributed by atoms with van der Waals surface area (Å²) < 4.78 is 1.83. The number of likely N-dealkylation sites (N-methyl/N-ethyl adjacent to an activating group) is 1. The third-order valence-electron chi connectivity index (χ3n) is 3.92. The van der Waals surface area contributed by atoms with Gasteiger partial charge in [-0.05, 0) is 26.6 Å². The van der Waals surface area contributed by atoms with Crippen molar-refractivity contribution in [2.24, 2.45) is 7.05 Å². The highest BCUT2D eigenvalue weighted by Gasteiger charge is 2.17. The number of nitrogens with zero attached hydrogens (tertiary/aromatic N) is 5. The molecule has 0 aromatic carbocycles. The predicted molar refractivity (Wildman–Crippen MR) is 94.9 cm³/mol. The summed E-state index contributed by atoms with van der Waals surface area (Å²) in [6, 6.07) is 2.43. The predicted octanol–water partition coefficient (Wildman–Crippen LogP) is 2.70. The molecule has 0 radical (unpaired) electrons. The van der Waals surface area contributed by atoms with Crippen LogP contribution < -0.4 is 5.32 Å². The first kappa shape index (κ1) is 15.9. The summed E-state index contributed by atoms with van der Waals surface area (Å²) in [4.78, 5) is 13.4. The molecule has 1 atom stereocenters. The van der Waals surface area contributed by atoms with E-state index in [-0.39, 0.29) is 6.04 Å². The van der Waals surface area contributed by atoms with E-state index in [1.54, 1.807) is 17.7 Å². The standard InChI is InChI=1S/C16H22N6S/c1-5-12-6-13-15(18-10-19-16(13)23-12)17-8-14(21(2)3)11-7-20-22(4)9-11/h6-7,9-10,14H,5,8H2,1-4H3,(H,17,18,19). The highest BCUT2D eigenvalue weighted by molar-refractivity contribution is 7.18. The number of fused-ring (bicyclic) bond motifs is 1. The molecule has 0 aliphatic heterocycles. The second-order valence-electron chi connectivity index (χ2n) is 5.82. The smallest absolute Gasteiger partial charge is 0.138 e. The summed E-state index contributed by atoms with van der Waals surface area (Å²) in [7, 11) is 6.10. The maximum Gasteiger partial charge on any atom is 0.138 e. The molecule has 7 heteroatoms. The zero-order chi connectivity index (χ0) is 16.4. The molecule has 3 heterocycles. The van der Waals surface area contributed by atoms with Crippen LogP contribution in [0.4, 0.5) is 5.82 Å². The maximum atomic E-state index is 4.43. The minimum absolute atomic E-state index is 0.234. The Hall–Kier alpha value is -1.99. The molecular formula is C16H22N6S. The van der Waals surface area contributed by atoms with Crippen LogP contribution >= 0.6 is 11.3 Å². The molecule has 0 amide bonds. The van der Waals surface area contributed by atoms with Crippen molar-refractivity contribution in [3.05, 3.63) is 35.2 Å². The van der Waals surface area contributed by atoms with Crippen molar-refractivity contribution in [2.45, 2.75) is 19.4 Å². The molecule has 0 aliphatic rings. The van der Waals surface area contributed by atoms with Gasteiger partial charge in [-0.2, -0.15) is 5.10 Å². The lowest BCUT2D eigenvalue weighted by atomic mass is 10.1. The molecule has 1 N–H and O–H groups in total. The molecule has 0 aliphatic carbocycles. The van der Waals surface area contributed by atoms with Crippen molar-refractivity contribution in [1.29, 1.82) is 0 Å². The van der Waals surface area contributed by atoms with Crippen LogP contribution in [0.1, 0.15) is 23.4 Å². The van der Waals surface area contributed by atoms with Gasteiger partial charge in [0.15, 0.2) is 0 Å². The number of rotatable bonds is 6. The third kappa shape index (κ3) is 3.35. The van der Waals surface area contributed by atoms with E-state index in [1.807, 2.05) is 17.9 Å². The highest BCUT2D eigenvalue weighted by atomic mass is 32.1. The number of hydrogen-bond acceptors (Lipinski definition) is 6. The van der Waals surface area contributed by atoms with Crippen LogP contribution in [0.3, 0.4) is 0 Å². The molecule has 3 rings (SSSR count). The molecular weight excluding hydrogens is 308 g/mol. The van der Waals surface area contributed by atoms with E-state index in [0.717, 1.165) is 29.0 Å². The molecule has 23 heavy (non-hydrogen) atoms. The van der Waals surface area contributed by atoms with Gasteiger partial charge in [0.05, 0.1) is 17.6 Å². The molecule has 0 saturated heterocycles. The van der Waals surface area contributed by atoms with Crippen molar-refractivity contribution in [3.63, 3.8) is 0 Å². The highest BCUT2D eigenvalue weighted by Crippen LogP contribution is 2.29. The summed E-state index contributed by atoms with van der Waals surface area (Å²) in [6.45, 7) is 2.93. The quantitative estimate of drug-likeness (QED) is 0.753. The molecule has 0 fully saturated rings. The van der Waals surface area contributed by atoms with Crippen molar-refractivity contribution in [1.82, 2.24) is 24.6 Å². The van der Waals surface area contributed by atoms with Crippen molar-refractivity contribution in [3.8, 4) is 0 Å². The summed E-state index contributed by atoms with van der Waals surface area (Å²) in [5, 5.41) is 8.88. The molecule has 0 saturated carbocycles. The summed E-state index contributed by atoms with van der Waals surface area (Å²) >= 11 is 1.74. The van der Waals surface area contributed by atoms with Crippen LogP contribution in [0, 0.1) is 0 Å². The SMILES string of the molecule is CCc1cc2c(NCC(c3cnn(C)c3)N(C)C)ncnc2s1. The number of aromatic nitrogens is 4. The topological polar surface area (TPSA) is 58.9 Å². The van der Waals surface area contributed by atoms with Crippen LogP contribution in [-0.4, -0.2) is 45.3 Å².